The Morgan fingerprint density at radius 1 is 1.37 bits per heavy atom. The molecule has 1 aromatic carbocycles. The molecule has 0 aliphatic carbocycles. The number of nitrogens with one attached hydrogen (secondary N) is 1. The Hall–Kier alpha value is -2.16. The molecular formula is C19H22N2O4S2. The molecule has 8 heteroatoms. The van der Waals surface area contributed by atoms with Gasteiger partial charge in [0.15, 0.2) is 0 Å². The smallest absolute Gasteiger partial charge is 0.252 e. The molecule has 6 nitrogen and oxygen atoms in total. The first-order valence-corrected chi connectivity index (χ1v) is 11.0. The van der Waals surface area contributed by atoms with E-state index < -0.39 is 10.0 Å². The molecule has 0 radical (unpaired) electrons. The number of nitrogens with zero attached hydrogens (tertiary/aromatic N) is 1. The summed E-state index contributed by atoms with van der Waals surface area (Å²) in [7, 11) is -3.53. The van der Waals surface area contributed by atoms with Gasteiger partial charge in [-0.3, -0.25) is 4.79 Å². The highest BCUT2D eigenvalue weighted by molar-refractivity contribution is 7.91. The van der Waals surface area contributed by atoms with E-state index in [1.165, 1.54) is 15.6 Å². The van der Waals surface area contributed by atoms with Gasteiger partial charge in [0, 0.05) is 24.8 Å². The highest BCUT2D eigenvalue weighted by Crippen LogP contribution is 2.27. The summed E-state index contributed by atoms with van der Waals surface area (Å²) in [5.41, 5.74) is 0.625. The van der Waals surface area contributed by atoms with Crippen LogP contribution in [0, 0.1) is 5.92 Å². The normalized spacial score (nSPS) is 18.0. The molecule has 1 N–H and O–H groups in total. The lowest BCUT2D eigenvalue weighted by atomic mass is 9.98. The van der Waals surface area contributed by atoms with E-state index in [9.17, 15) is 13.2 Å². The van der Waals surface area contributed by atoms with Gasteiger partial charge in [0.25, 0.3) is 10.0 Å². The zero-order chi connectivity index (χ0) is 19.3. The molecule has 1 amide bonds. The third-order valence-electron chi connectivity index (χ3n) is 4.31. The number of hydrogen-bond acceptors (Lipinski definition) is 5. The van der Waals surface area contributed by atoms with E-state index in [0.717, 1.165) is 0 Å². The fourth-order valence-electron chi connectivity index (χ4n) is 2.98. The molecule has 1 aliphatic rings. The first-order chi connectivity index (χ1) is 13.0. The Morgan fingerprint density at radius 3 is 2.96 bits per heavy atom. The molecular weight excluding hydrogens is 384 g/mol. The number of amides is 1. The van der Waals surface area contributed by atoms with E-state index in [4.69, 9.17) is 4.74 Å². The van der Waals surface area contributed by atoms with Gasteiger partial charge in [0.05, 0.1) is 5.92 Å². The van der Waals surface area contributed by atoms with Gasteiger partial charge in [0.2, 0.25) is 5.91 Å². The molecule has 27 heavy (non-hydrogen) atoms. The maximum absolute atomic E-state index is 12.7. The van der Waals surface area contributed by atoms with E-state index in [1.54, 1.807) is 47.9 Å². The van der Waals surface area contributed by atoms with Crippen LogP contribution in [-0.2, 0) is 14.8 Å². The van der Waals surface area contributed by atoms with Crippen molar-refractivity contribution >= 4 is 33.0 Å². The fourth-order valence-corrected chi connectivity index (χ4v) is 5.64. The number of sulfonamides is 1. The number of thiophene rings is 1. The number of piperidine rings is 1. The van der Waals surface area contributed by atoms with Crippen LogP contribution in [0.25, 0.3) is 0 Å². The number of rotatable bonds is 7. The van der Waals surface area contributed by atoms with Gasteiger partial charge in [-0.25, -0.2) is 8.42 Å². The van der Waals surface area contributed by atoms with Gasteiger partial charge >= 0.3 is 0 Å². The Kier molecular flexibility index (Phi) is 6.30. The van der Waals surface area contributed by atoms with E-state index in [1.807, 2.05) is 0 Å². The molecule has 1 aromatic heterocycles. The van der Waals surface area contributed by atoms with Crippen LogP contribution in [-0.4, -0.2) is 38.3 Å². The van der Waals surface area contributed by atoms with Crippen molar-refractivity contribution in [2.45, 2.75) is 17.1 Å². The maximum Gasteiger partial charge on any atom is 0.252 e. The van der Waals surface area contributed by atoms with E-state index >= 15 is 0 Å². The van der Waals surface area contributed by atoms with Crippen molar-refractivity contribution in [3.05, 3.63) is 54.4 Å². The van der Waals surface area contributed by atoms with Crippen molar-refractivity contribution in [2.75, 3.05) is 25.0 Å². The van der Waals surface area contributed by atoms with Crippen LogP contribution in [0.15, 0.2) is 58.6 Å². The molecule has 1 aliphatic heterocycles. The van der Waals surface area contributed by atoms with Crippen molar-refractivity contribution in [3.8, 4) is 5.75 Å². The average molecular weight is 407 g/mol. The van der Waals surface area contributed by atoms with Crippen molar-refractivity contribution in [1.82, 2.24) is 4.31 Å². The van der Waals surface area contributed by atoms with Crippen LogP contribution >= 0.6 is 11.3 Å². The quantitative estimate of drug-likeness (QED) is 0.716. The second-order valence-corrected chi connectivity index (χ2v) is 9.36. The molecule has 144 valence electrons. The minimum atomic E-state index is -3.53. The number of hydrogen-bond donors (Lipinski definition) is 1. The summed E-state index contributed by atoms with van der Waals surface area (Å²) in [6.07, 6.45) is 2.97. The minimum absolute atomic E-state index is 0.179. The summed E-state index contributed by atoms with van der Waals surface area (Å²) in [4.78, 5) is 12.7. The highest BCUT2D eigenvalue weighted by Gasteiger charge is 2.33. The fraction of sp³-hybridized carbons (Fsp3) is 0.316. The first-order valence-electron chi connectivity index (χ1n) is 8.69. The minimum Gasteiger partial charge on any atom is -0.489 e. The predicted octanol–water partition coefficient (Wildman–Crippen LogP) is 3.35. The molecule has 0 spiro atoms. The van der Waals surface area contributed by atoms with Crippen LogP contribution in [0.4, 0.5) is 5.69 Å². The Bertz CT molecular complexity index is 894. The molecule has 3 rings (SSSR count). The first kappa shape index (κ1) is 19.6. The highest BCUT2D eigenvalue weighted by atomic mass is 32.2. The lowest BCUT2D eigenvalue weighted by Crippen LogP contribution is -2.43. The third-order valence-corrected chi connectivity index (χ3v) is 7.55. The maximum atomic E-state index is 12.7. The van der Waals surface area contributed by atoms with Gasteiger partial charge in [0.1, 0.15) is 16.6 Å². The summed E-state index contributed by atoms with van der Waals surface area (Å²) in [6.45, 7) is 4.62. The van der Waals surface area contributed by atoms with Crippen molar-refractivity contribution in [2.24, 2.45) is 5.92 Å². The zero-order valence-electron chi connectivity index (χ0n) is 14.8. The molecule has 0 unspecified atom stereocenters. The number of anilines is 1. The standard InChI is InChI=1S/C19H22N2O4S2/c1-2-11-25-17-8-3-7-16(13-17)20-19(22)15-6-4-10-21(14-15)27(23,24)18-9-5-12-26-18/h2-3,5,7-9,12-13,15H,1,4,6,10-11,14H2,(H,20,22)/t15-/m1/s1. The molecule has 0 saturated carbocycles. The molecule has 1 saturated heterocycles. The van der Waals surface area contributed by atoms with Crippen molar-refractivity contribution in [1.29, 1.82) is 0 Å². The second-order valence-electron chi connectivity index (χ2n) is 6.25. The number of carbonyl (C=O) groups is 1. The van der Waals surface area contributed by atoms with Gasteiger partial charge in [-0.15, -0.1) is 11.3 Å². The van der Waals surface area contributed by atoms with Gasteiger partial charge in [-0.05, 0) is 36.4 Å². The lowest BCUT2D eigenvalue weighted by Gasteiger charge is -2.30. The average Bonchev–Trinajstić information content (AvgIpc) is 3.22. The molecule has 1 atom stereocenters. The van der Waals surface area contributed by atoms with E-state index in [2.05, 4.69) is 11.9 Å². The SMILES string of the molecule is C=CCOc1cccc(NC(=O)[C@@H]2CCCN(S(=O)(=O)c3cccs3)C2)c1. The van der Waals surface area contributed by atoms with Gasteiger partial charge in [-0.2, -0.15) is 4.31 Å². The molecule has 2 heterocycles. The van der Waals surface area contributed by atoms with Crippen LogP contribution in [0.2, 0.25) is 0 Å². The third kappa shape index (κ3) is 4.77. The predicted molar refractivity (Wildman–Crippen MR) is 107 cm³/mol. The van der Waals surface area contributed by atoms with Gasteiger partial charge in [-0.1, -0.05) is 24.8 Å². The molecule has 1 fully saturated rings. The Balaban J connectivity index is 1.66. The van der Waals surface area contributed by atoms with Crippen molar-refractivity contribution < 1.29 is 17.9 Å². The monoisotopic (exact) mass is 406 g/mol. The summed E-state index contributed by atoms with van der Waals surface area (Å²) in [5, 5.41) is 4.61. The van der Waals surface area contributed by atoms with Gasteiger partial charge < -0.3 is 10.1 Å². The summed E-state index contributed by atoms with van der Waals surface area (Å²) < 4.78 is 32.6. The van der Waals surface area contributed by atoms with Crippen LogP contribution < -0.4 is 10.1 Å². The lowest BCUT2D eigenvalue weighted by molar-refractivity contribution is -0.120. The summed E-state index contributed by atoms with van der Waals surface area (Å²) >= 11 is 1.19. The van der Waals surface area contributed by atoms with Crippen LogP contribution in [0.5, 0.6) is 5.75 Å². The summed E-state index contributed by atoms with van der Waals surface area (Å²) in [5.74, 6) is 0.0754. The summed E-state index contributed by atoms with van der Waals surface area (Å²) in [6, 6.07) is 10.4. The molecule has 2 aromatic rings. The largest absolute Gasteiger partial charge is 0.489 e. The Labute approximate surface area is 163 Å². The van der Waals surface area contributed by atoms with Crippen LogP contribution in [0.3, 0.4) is 0 Å². The topological polar surface area (TPSA) is 75.7 Å². The second kappa shape index (κ2) is 8.69. The zero-order valence-corrected chi connectivity index (χ0v) is 16.5. The number of carbonyl (C=O) groups excluding carboxylic acids is 1. The number of ether oxygens (including phenoxy) is 1. The number of benzene rings is 1. The van der Waals surface area contributed by atoms with E-state index in [-0.39, 0.29) is 18.4 Å². The Morgan fingerprint density at radius 2 is 2.22 bits per heavy atom. The van der Waals surface area contributed by atoms with Crippen LogP contribution in [0.1, 0.15) is 12.8 Å². The van der Waals surface area contributed by atoms with E-state index in [0.29, 0.717) is 41.6 Å². The molecule has 0 bridgehead atoms. The van der Waals surface area contributed by atoms with Crippen molar-refractivity contribution in [3.63, 3.8) is 0 Å².